The SMILES string of the molecule is Cc1ccc(OCCSc2nnc(-c3ccc(Cl)cc3)n2CC2CCCO2)cc1. The van der Waals surface area contributed by atoms with E-state index in [4.69, 9.17) is 21.1 Å². The van der Waals surface area contributed by atoms with Crippen LogP contribution in [0.25, 0.3) is 11.4 Å². The highest BCUT2D eigenvalue weighted by Crippen LogP contribution is 2.27. The Morgan fingerprint density at radius 3 is 2.66 bits per heavy atom. The standard InChI is InChI=1S/C22H24ClN3O2S/c1-16-4-10-19(11-5-16)28-13-14-29-22-25-24-21(17-6-8-18(23)9-7-17)26(22)15-20-3-2-12-27-20/h4-11,20H,2-3,12-15H2,1H3. The fraction of sp³-hybridized carbons (Fsp3) is 0.364. The Labute approximate surface area is 180 Å². The number of ether oxygens (including phenoxy) is 2. The van der Waals surface area contributed by atoms with Crippen LogP contribution in [0.2, 0.25) is 5.02 Å². The Morgan fingerprint density at radius 2 is 1.93 bits per heavy atom. The summed E-state index contributed by atoms with van der Waals surface area (Å²) in [6, 6.07) is 15.8. The van der Waals surface area contributed by atoms with Crippen molar-refractivity contribution in [1.82, 2.24) is 14.8 Å². The van der Waals surface area contributed by atoms with Gasteiger partial charge < -0.3 is 9.47 Å². The number of nitrogens with zero attached hydrogens (tertiary/aromatic N) is 3. The first-order chi connectivity index (χ1) is 14.2. The maximum Gasteiger partial charge on any atom is 0.191 e. The second kappa shape index (κ2) is 9.65. The summed E-state index contributed by atoms with van der Waals surface area (Å²) in [5.74, 6) is 2.52. The first-order valence-corrected chi connectivity index (χ1v) is 11.2. The van der Waals surface area contributed by atoms with Gasteiger partial charge in [-0.3, -0.25) is 4.57 Å². The predicted molar refractivity (Wildman–Crippen MR) is 117 cm³/mol. The van der Waals surface area contributed by atoms with Crippen molar-refractivity contribution in [3.05, 3.63) is 59.1 Å². The van der Waals surface area contributed by atoms with Gasteiger partial charge in [-0.2, -0.15) is 0 Å². The lowest BCUT2D eigenvalue weighted by Crippen LogP contribution is -2.17. The van der Waals surface area contributed by atoms with Crippen molar-refractivity contribution >= 4 is 23.4 Å². The minimum Gasteiger partial charge on any atom is -0.493 e. The first-order valence-electron chi connectivity index (χ1n) is 9.82. The molecule has 0 bridgehead atoms. The van der Waals surface area contributed by atoms with Gasteiger partial charge in [0.05, 0.1) is 19.3 Å². The van der Waals surface area contributed by atoms with Crippen molar-refractivity contribution in [3.8, 4) is 17.1 Å². The van der Waals surface area contributed by atoms with Crippen LogP contribution in [-0.4, -0.2) is 39.8 Å². The lowest BCUT2D eigenvalue weighted by molar-refractivity contribution is 0.0953. The molecule has 29 heavy (non-hydrogen) atoms. The molecule has 1 fully saturated rings. The number of aryl methyl sites for hydroxylation is 1. The highest BCUT2D eigenvalue weighted by molar-refractivity contribution is 7.99. The second-order valence-corrected chi connectivity index (χ2v) is 8.57. The molecule has 0 spiro atoms. The van der Waals surface area contributed by atoms with Crippen LogP contribution >= 0.6 is 23.4 Å². The Balaban J connectivity index is 1.44. The second-order valence-electron chi connectivity index (χ2n) is 7.07. The lowest BCUT2D eigenvalue weighted by Gasteiger charge is -2.15. The van der Waals surface area contributed by atoms with Crippen molar-refractivity contribution < 1.29 is 9.47 Å². The predicted octanol–water partition coefficient (Wildman–Crippen LogP) is 5.26. The van der Waals surface area contributed by atoms with E-state index in [1.54, 1.807) is 11.8 Å². The highest BCUT2D eigenvalue weighted by atomic mass is 35.5. The number of aromatic nitrogens is 3. The van der Waals surface area contributed by atoms with Gasteiger partial charge in [-0.25, -0.2) is 0 Å². The van der Waals surface area contributed by atoms with E-state index < -0.39 is 0 Å². The van der Waals surface area contributed by atoms with Crippen molar-refractivity contribution in [2.45, 2.75) is 37.6 Å². The maximum atomic E-state index is 6.04. The molecule has 0 amide bonds. The normalized spacial score (nSPS) is 16.3. The molecule has 1 saturated heterocycles. The molecule has 152 valence electrons. The number of benzene rings is 2. The van der Waals surface area contributed by atoms with Crippen LogP contribution in [0.4, 0.5) is 0 Å². The summed E-state index contributed by atoms with van der Waals surface area (Å²) in [5, 5.41) is 10.5. The molecule has 2 heterocycles. The summed E-state index contributed by atoms with van der Waals surface area (Å²) in [5.41, 5.74) is 2.23. The zero-order valence-corrected chi connectivity index (χ0v) is 18.0. The van der Waals surface area contributed by atoms with E-state index in [1.165, 1.54) is 5.56 Å². The van der Waals surface area contributed by atoms with Gasteiger partial charge >= 0.3 is 0 Å². The molecule has 0 radical (unpaired) electrons. The average molecular weight is 430 g/mol. The monoisotopic (exact) mass is 429 g/mol. The molecule has 7 heteroatoms. The van der Waals surface area contributed by atoms with Crippen molar-refractivity contribution in [1.29, 1.82) is 0 Å². The van der Waals surface area contributed by atoms with Crippen LogP contribution < -0.4 is 4.74 Å². The van der Waals surface area contributed by atoms with Gasteiger partial charge in [0.1, 0.15) is 5.75 Å². The van der Waals surface area contributed by atoms with E-state index >= 15 is 0 Å². The lowest BCUT2D eigenvalue weighted by atomic mass is 10.2. The molecule has 2 aromatic carbocycles. The van der Waals surface area contributed by atoms with Crippen LogP contribution in [0, 0.1) is 6.92 Å². The van der Waals surface area contributed by atoms with E-state index in [2.05, 4.69) is 33.8 Å². The molecular weight excluding hydrogens is 406 g/mol. The molecule has 0 aliphatic carbocycles. The molecule has 3 aromatic rings. The van der Waals surface area contributed by atoms with E-state index in [-0.39, 0.29) is 6.10 Å². The van der Waals surface area contributed by atoms with Gasteiger partial charge in [-0.1, -0.05) is 41.1 Å². The topological polar surface area (TPSA) is 49.2 Å². The molecule has 1 aromatic heterocycles. The zero-order chi connectivity index (χ0) is 20.1. The number of halogens is 1. The van der Waals surface area contributed by atoms with E-state index in [0.717, 1.165) is 54.0 Å². The smallest absolute Gasteiger partial charge is 0.191 e. The van der Waals surface area contributed by atoms with Crippen LogP contribution in [0.15, 0.2) is 53.7 Å². The van der Waals surface area contributed by atoms with Crippen LogP contribution in [0.1, 0.15) is 18.4 Å². The first kappa shape index (κ1) is 20.3. The van der Waals surface area contributed by atoms with Gasteiger partial charge in [0.2, 0.25) is 0 Å². The van der Waals surface area contributed by atoms with Crippen LogP contribution in [-0.2, 0) is 11.3 Å². The van der Waals surface area contributed by atoms with Gasteiger partial charge in [0.25, 0.3) is 0 Å². The third-order valence-corrected chi connectivity index (χ3v) is 6.02. The maximum absolute atomic E-state index is 6.04. The molecule has 0 saturated carbocycles. The third kappa shape index (κ3) is 5.32. The quantitative estimate of drug-likeness (QED) is 0.361. The number of rotatable bonds is 8. The molecule has 0 N–H and O–H groups in total. The molecule has 5 nitrogen and oxygen atoms in total. The number of hydrogen-bond acceptors (Lipinski definition) is 5. The molecule has 1 aliphatic heterocycles. The van der Waals surface area contributed by atoms with Gasteiger partial charge in [-0.15, -0.1) is 10.2 Å². The Morgan fingerprint density at radius 1 is 1.14 bits per heavy atom. The van der Waals surface area contributed by atoms with Crippen LogP contribution in [0.5, 0.6) is 5.75 Å². The van der Waals surface area contributed by atoms with Crippen molar-refractivity contribution in [2.75, 3.05) is 19.0 Å². The van der Waals surface area contributed by atoms with Gasteiger partial charge in [-0.05, 0) is 56.2 Å². The Hall–Kier alpha value is -2.02. The minimum atomic E-state index is 0.209. The molecule has 1 unspecified atom stereocenters. The number of hydrogen-bond donors (Lipinski definition) is 0. The summed E-state index contributed by atoms with van der Waals surface area (Å²) in [6.07, 6.45) is 2.38. The molecule has 1 aliphatic rings. The molecule has 1 atom stereocenters. The summed E-state index contributed by atoms with van der Waals surface area (Å²) >= 11 is 7.70. The number of thioether (sulfide) groups is 1. The fourth-order valence-corrected chi connectivity index (χ4v) is 4.18. The highest BCUT2D eigenvalue weighted by Gasteiger charge is 2.21. The molecule has 4 rings (SSSR count). The van der Waals surface area contributed by atoms with Crippen LogP contribution in [0.3, 0.4) is 0 Å². The van der Waals surface area contributed by atoms with Gasteiger partial charge in [0, 0.05) is 22.9 Å². The fourth-order valence-electron chi connectivity index (χ4n) is 3.29. The summed E-state index contributed by atoms with van der Waals surface area (Å²) in [7, 11) is 0. The van der Waals surface area contributed by atoms with E-state index in [1.807, 2.05) is 36.4 Å². The summed E-state index contributed by atoms with van der Waals surface area (Å²) in [4.78, 5) is 0. The van der Waals surface area contributed by atoms with Crippen molar-refractivity contribution in [2.24, 2.45) is 0 Å². The Kier molecular flexibility index (Phi) is 6.74. The zero-order valence-electron chi connectivity index (χ0n) is 16.4. The minimum absolute atomic E-state index is 0.209. The summed E-state index contributed by atoms with van der Waals surface area (Å²) < 4.78 is 13.9. The third-order valence-electron chi connectivity index (χ3n) is 4.83. The molecular formula is C22H24ClN3O2S. The van der Waals surface area contributed by atoms with E-state index in [9.17, 15) is 0 Å². The average Bonchev–Trinajstić information content (AvgIpc) is 3.38. The van der Waals surface area contributed by atoms with E-state index in [0.29, 0.717) is 11.6 Å². The van der Waals surface area contributed by atoms with Gasteiger partial charge in [0.15, 0.2) is 11.0 Å². The Bertz CT molecular complexity index is 922. The summed E-state index contributed by atoms with van der Waals surface area (Å²) in [6.45, 7) is 4.26. The van der Waals surface area contributed by atoms with Crippen molar-refractivity contribution in [3.63, 3.8) is 0 Å². The largest absolute Gasteiger partial charge is 0.493 e.